The topological polar surface area (TPSA) is 46.6 Å². The zero-order valence-corrected chi connectivity index (χ0v) is 14.1. The normalized spacial score (nSPS) is 10.3. The highest BCUT2D eigenvalue weighted by Gasteiger charge is 2.23. The maximum Gasteiger partial charge on any atom is 0.340 e. The Labute approximate surface area is 144 Å². The molecule has 0 heterocycles. The van der Waals surface area contributed by atoms with Gasteiger partial charge in [-0.3, -0.25) is 4.79 Å². The molecule has 0 aliphatic rings. The van der Waals surface area contributed by atoms with Crippen LogP contribution in [0.5, 0.6) is 0 Å². The fourth-order valence-electron chi connectivity index (χ4n) is 2.32. The Balaban J connectivity index is 2.45. The lowest BCUT2D eigenvalue weighted by Gasteiger charge is -2.23. The van der Waals surface area contributed by atoms with Gasteiger partial charge >= 0.3 is 5.97 Å². The van der Waals surface area contributed by atoms with E-state index in [1.54, 1.807) is 38.1 Å². The van der Waals surface area contributed by atoms with Crippen LogP contribution in [0.2, 0.25) is 5.02 Å². The molecule has 1 amide bonds. The molecule has 2 aromatic rings. The van der Waals surface area contributed by atoms with Gasteiger partial charge in [-0.2, -0.15) is 0 Å². The number of carbonyl (C=O) groups is 2. The van der Waals surface area contributed by atoms with E-state index in [0.717, 1.165) is 6.07 Å². The summed E-state index contributed by atoms with van der Waals surface area (Å²) in [7, 11) is 0. The molecule has 0 aliphatic carbocycles. The Morgan fingerprint density at radius 3 is 2.46 bits per heavy atom. The molecule has 0 saturated carbocycles. The van der Waals surface area contributed by atoms with Crippen molar-refractivity contribution in [3.05, 3.63) is 64.4 Å². The summed E-state index contributed by atoms with van der Waals surface area (Å²) < 4.78 is 18.2. The van der Waals surface area contributed by atoms with Gasteiger partial charge in [0.1, 0.15) is 5.82 Å². The average Bonchev–Trinajstić information content (AvgIpc) is 2.56. The van der Waals surface area contributed by atoms with Crippen molar-refractivity contribution < 1.29 is 18.7 Å². The maximum atomic E-state index is 13.2. The molecular weight excluding hydrogens is 333 g/mol. The van der Waals surface area contributed by atoms with Gasteiger partial charge in [0.2, 0.25) is 0 Å². The summed E-state index contributed by atoms with van der Waals surface area (Å²) in [6.07, 6.45) is 0. The van der Waals surface area contributed by atoms with E-state index in [0.29, 0.717) is 12.2 Å². The molecule has 4 nitrogen and oxygen atoms in total. The van der Waals surface area contributed by atoms with Gasteiger partial charge in [0, 0.05) is 6.54 Å². The van der Waals surface area contributed by atoms with Gasteiger partial charge in [-0.15, -0.1) is 0 Å². The van der Waals surface area contributed by atoms with Crippen LogP contribution in [0.4, 0.5) is 10.1 Å². The zero-order valence-electron chi connectivity index (χ0n) is 13.4. The van der Waals surface area contributed by atoms with Crippen LogP contribution in [0.15, 0.2) is 42.5 Å². The second kappa shape index (κ2) is 7.93. The first-order valence-electron chi connectivity index (χ1n) is 7.52. The minimum absolute atomic E-state index is 0.0204. The smallest absolute Gasteiger partial charge is 0.340 e. The molecule has 0 aliphatic heterocycles. The van der Waals surface area contributed by atoms with Gasteiger partial charge in [-0.05, 0) is 44.2 Å². The van der Waals surface area contributed by atoms with Crippen LogP contribution in [-0.4, -0.2) is 25.0 Å². The molecule has 0 atom stereocenters. The molecule has 6 heteroatoms. The van der Waals surface area contributed by atoms with Crippen LogP contribution in [0.3, 0.4) is 0 Å². The Morgan fingerprint density at radius 2 is 1.83 bits per heavy atom. The number of ether oxygens (including phenoxy) is 1. The quantitative estimate of drug-likeness (QED) is 0.755. The lowest BCUT2D eigenvalue weighted by Crippen LogP contribution is -2.32. The predicted molar refractivity (Wildman–Crippen MR) is 91.2 cm³/mol. The predicted octanol–water partition coefficient (Wildman–Crippen LogP) is 4.32. The highest BCUT2D eigenvalue weighted by atomic mass is 35.5. The molecule has 0 fully saturated rings. The molecule has 0 spiro atoms. The zero-order chi connectivity index (χ0) is 17.7. The summed E-state index contributed by atoms with van der Waals surface area (Å²) in [5, 5.41) is 0.0204. The minimum Gasteiger partial charge on any atom is -0.462 e. The monoisotopic (exact) mass is 349 g/mol. The summed E-state index contributed by atoms with van der Waals surface area (Å²) in [5.41, 5.74) is 0.871. The molecule has 126 valence electrons. The highest BCUT2D eigenvalue weighted by Crippen LogP contribution is 2.26. The number of hydrogen-bond acceptors (Lipinski definition) is 3. The van der Waals surface area contributed by atoms with E-state index >= 15 is 0 Å². The largest absolute Gasteiger partial charge is 0.462 e. The molecule has 0 unspecified atom stereocenters. The molecule has 2 aromatic carbocycles. The molecule has 0 aromatic heterocycles. The fourth-order valence-corrected chi connectivity index (χ4v) is 2.57. The van der Waals surface area contributed by atoms with Crippen LogP contribution in [-0.2, 0) is 4.74 Å². The first-order valence-corrected chi connectivity index (χ1v) is 7.90. The number of halogens is 2. The number of esters is 1. The van der Waals surface area contributed by atoms with E-state index < -0.39 is 17.7 Å². The molecule has 24 heavy (non-hydrogen) atoms. The van der Waals surface area contributed by atoms with Crippen LogP contribution in [0.25, 0.3) is 0 Å². The van der Waals surface area contributed by atoms with Gasteiger partial charge in [0.05, 0.1) is 28.4 Å². The molecule has 0 N–H and O–H groups in total. The van der Waals surface area contributed by atoms with E-state index in [-0.39, 0.29) is 22.8 Å². The van der Waals surface area contributed by atoms with Crippen molar-refractivity contribution in [2.24, 2.45) is 0 Å². The molecule has 0 saturated heterocycles. The van der Waals surface area contributed by atoms with Crippen LogP contribution in [0.1, 0.15) is 34.6 Å². The van der Waals surface area contributed by atoms with Gasteiger partial charge in [0.25, 0.3) is 5.91 Å². The standard InChI is InChI=1S/C18H17ClFNO3/c1-3-21(17(22)13-10-9-12(20)11-15(13)19)16-8-6-5-7-14(16)18(23)24-4-2/h5-11H,3-4H2,1-2H3. The summed E-state index contributed by atoms with van der Waals surface area (Å²) in [6.45, 7) is 4.03. The van der Waals surface area contributed by atoms with Crippen molar-refractivity contribution in [3.63, 3.8) is 0 Å². The number of benzene rings is 2. The highest BCUT2D eigenvalue weighted by molar-refractivity contribution is 6.34. The molecule has 2 rings (SSSR count). The first-order chi connectivity index (χ1) is 11.5. The number of nitrogens with zero attached hydrogens (tertiary/aromatic N) is 1. The van der Waals surface area contributed by atoms with Gasteiger partial charge < -0.3 is 9.64 Å². The summed E-state index contributed by atoms with van der Waals surface area (Å²) in [6, 6.07) is 10.2. The lowest BCUT2D eigenvalue weighted by molar-refractivity contribution is 0.0527. The molecule has 0 bridgehead atoms. The van der Waals surface area contributed by atoms with Crippen molar-refractivity contribution in [3.8, 4) is 0 Å². The van der Waals surface area contributed by atoms with Gasteiger partial charge in [-0.1, -0.05) is 23.7 Å². The second-order valence-electron chi connectivity index (χ2n) is 4.91. The average molecular weight is 350 g/mol. The number of anilines is 1. The third-order valence-electron chi connectivity index (χ3n) is 3.41. The van der Waals surface area contributed by atoms with E-state index in [1.807, 2.05) is 0 Å². The van der Waals surface area contributed by atoms with Crippen molar-refractivity contribution in [1.29, 1.82) is 0 Å². The third kappa shape index (κ3) is 3.74. The number of hydrogen-bond donors (Lipinski definition) is 0. The van der Waals surface area contributed by atoms with Gasteiger partial charge in [-0.25, -0.2) is 9.18 Å². The van der Waals surface area contributed by atoms with Crippen LogP contribution < -0.4 is 4.90 Å². The van der Waals surface area contributed by atoms with E-state index in [9.17, 15) is 14.0 Å². The Morgan fingerprint density at radius 1 is 1.12 bits per heavy atom. The maximum absolute atomic E-state index is 13.2. The summed E-state index contributed by atoms with van der Waals surface area (Å²) in [5.74, 6) is -1.45. The number of para-hydroxylation sites is 1. The first kappa shape index (κ1) is 17.9. The summed E-state index contributed by atoms with van der Waals surface area (Å²) >= 11 is 5.99. The third-order valence-corrected chi connectivity index (χ3v) is 3.73. The van der Waals surface area contributed by atoms with Crippen LogP contribution in [0, 0.1) is 5.82 Å². The van der Waals surface area contributed by atoms with Crippen LogP contribution >= 0.6 is 11.6 Å². The minimum atomic E-state index is -0.522. The van der Waals surface area contributed by atoms with E-state index in [4.69, 9.17) is 16.3 Å². The van der Waals surface area contributed by atoms with E-state index in [1.165, 1.54) is 17.0 Å². The second-order valence-corrected chi connectivity index (χ2v) is 5.32. The van der Waals surface area contributed by atoms with Crippen molar-refractivity contribution in [2.45, 2.75) is 13.8 Å². The number of carbonyl (C=O) groups excluding carboxylic acids is 2. The Hall–Kier alpha value is -2.40. The molecule has 0 radical (unpaired) electrons. The fraction of sp³-hybridized carbons (Fsp3) is 0.222. The van der Waals surface area contributed by atoms with Gasteiger partial charge in [0.15, 0.2) is 0 Å². The number of amides is 1. The number of rotatable bonds is 5. The van der Waals surface area contributed by atoms with Crippen molar-refractivity contribution in [1.82, 2.24) is 0 Å². The van der Waals surface area contributed by atoms with Crippen molar-refractivity contribution >= 4 is 29.2 Å². The van der Waals surface area contributed by atoms with E-state index in [2.05, 4.69) is 0 Å². The van der Waals surface area contributed by atoms with Crippen molar-refractivity contribution in [2.75, 3.05) is 18.1 Å². The Kier molecular flexibility index (Phi) is 5.93. The lowest BCUT2D eigenvalue weighted by atomic mass is 10.1. The Bertz CT molecular complexity index is 764. The summed E-state index contributed by atoms with van der Waals surface area (Å²) in [4.78, 5) is 26.3. The SMILES string of the molecule is CCOC(=O)c1ccccc1N(CC)C(=O)c1ccc(F)cc1Cl. The molecular formula is C18H17ClFNO3.